The van der Waals surface area contributed by atoms with Gasteiger partial charge in [0.05, 0.1) is 29.4 Å². The molecule has 0 aliphatic heterocycles. The third-order valence-electron chi connectivity index (χ3n) is 6.71. The Hall–Kier alpha value is -3.38. The summed E-state index contributed by atoms with van der Waals surface area (Å²) < 4.78 is 31.3. The molecule has 0 heterocycles. The molecule has 0 aromatic heterocycles. The van der Waals surface area contributed by atoms with Gasteiger partial charge in [-0.1, -0.05) is 89.1 Å². The first-order valence-corrected chi connectivity index (χ1v) is 14.4. The second-order valence-corrected chi connectivity index (χ2v) is 10.4. The van der Waals surface area contributed by atoms with Crippen LogP contribution in [0, 0.1) is 11.7 Å². The van der Waals surface area contributed by atoms with E-state index >= 15 is 0 Å². The minimum atomic E-state index is -0.892. The highest BCUT2D eigenvalue weighted by Crippen LogP contribution is 2.29. The molecular weight excluding hydrogens is 531 g/mol. The van der Waals surface area contributed by atoms with E-state index in [1.54, 1.807) is 6.07 Å². The Labute approximate surface area is 241 Å². The van der Waals surface area contributed by atoms with Gasteiger partial charge in [-0.2, -0.15) is 0 Å². The van der Waals surface area contributed by atoms with Crippen LogP contribution in [0.1, 0.15) is 86.4 Å². The lowest BCUT2D eigenvalue weighted by atomic mass is 10.0. The summed E-state index contributed by atoms with van der Waals surface area (Å²) in [5, 5.41) is 0.0437. The molecule has 0 aliphatic carbocycles. The first kappa shape index (κ1) is 31.2. The van der Waals surface area contributed by atoms with E-state index in [1.807, 2.05) is 38.1 Å². The molecule has 0 unspecified atom stereocenters. The van der Waals surface area contributed by atoms with Crippen LogP contribution in [0.25, 0.3) is 11.1 Å². The van der Waals surface area contributed by atoms with Crippen LogP contribution in [-0.2, 0) is 4.74 Å². The summed E-state index contributed by atoms with van der Waals surface area (Å²) in [6.07, 6.45) is 8.11. The summed E-state index contributed by atoms with van der Waals surface area (Å²) in [5.41, 5.74) is 1.43. The van der Waals surface area contributed by atoms with Crippen LogP contribution in [0.3, 0.4) is 0 Å². The SMILES string of the molecule is CCCCCCCCOc1ccc(-c2ccc(C(=O)Oc3ccc(C(=O)OC[C@@H](C)CC)cc3Cl)c(F)c2)cc1. The van der Waals surface area contributed by atoms with Gasteiger partial charge in [-0.05, 0) is 65.9 Å². The third kappa shape index (κ3) is 9.37. The molecule has 0 saturated heterocycles. The van der Waals surface area contributed by atoms with Gasteiger partial charge in [-0.25, -0.2) is 14.0 Å². The number of hydrogen-bond donors (Lipinski definition) is 0. The second kappa shape index (κ2) is 16.0. The van der Waals surface area contributed by atoms with Crippen molar-refractivity contribution in [2.75, 3.05) is 13.2 Å². The molecule has 0 fully saturated rings. The molecule has 40 heavy (non-hydrogen) atoms. The lowest BCUT2D eigenvalue weighted by molar-refractivity contribution is 0.0447. The number of esters is 2. The van der Waals surface area contributed by atoms with Crippen LogP contribution in [0.5, 0.6) is 11.5 Å². The maximum absolute atomic E-state index is 14.9. The quantitative estimate of drug-likeness (QED) is 0.104. The Bertz CT molecular complexity index is 1260. The monoisotopic (exact) mass is 568 g/mol. The van der Waals surface area contributed by atoms with E-state index in [4.69, 9.17) is 25.8 Å². The molecule has 214 valence electrons. The molecule has 0 spiro atoms. The molecule has 5 nitrogen and oxygen atoms in total. The Morgan fingerprint density at radius 3 is 2.23 bits per heavy atom. The summed E-state index contributed by atoms with van der Waals surface area (Å²) in [5.74, 6) is -1.09. The number of ether oxygens (including phenoxy) is 3. The molecule has 0 saturated carbocycles. The van der Waals surface area contributed by atoms with E-state index in [-0.39, 0.29) is 27.8 Å². The molecule has 3 aromatic carbocycles. The number of benzene rings is 3. The third-order valence-corrected chi connectivity index (χ3v) is 7.00. The molecule has 0 aliphatic rings. The topological polar surface area (TPSA) is 61.8 Å². The number of halogens is 2. The zero-order valence-electron chi connectivity index (χ0n) is 23.5. The maximum Gasteiger partial charge on any atom is 0.346 e. The highest BCUT2D eigenvalue weighted by Gasteiger charge is 2.18. The molecular formula is C33H38ClFO5. The van der Waals surface area contributed by atoms with Crippen molar-refractivity contribution in [1.82, 2.24) is 0 Å². The fraction of sp³-hybridized carbons (Fsp3) is 0.394. The van der Waals surface area contributed by atoms with E-state index in [2.05, 4.69) is 6.92 Å². The molecule has 0 N–H and O–H groups in total. The molecule has 0 bridgehead atoms. The Balaban J connectivity index is 1.56. The Morgan fingerprint density at radius 1 is 0.850 bits per heavy atom. The van der Waals surface area contributed by atoms with Gasteiger partial charge in [0.15, 0.2) is 0 Å². The molecule has 0 radical (unpaired) electrons. The summed E-state index contributed by atoms with van der Waals surface area (Å²) in [7, 11) is 0. The first-order chi connectivity index (χ1) is 19.3. The lowest BCUT2D eigenvalue weighted by Gasteiger charge is -2.11. The fourth-order valence-electron chi connectivity index (χ4n) is 3.96. The van der Waals surface area contributed by atoms with Crippen LogP contribution < -0.4 is 9.47 Å². The van der Waals surface area contributed by atoms with E-state index < -0.39 is 17.8 Å². The zero-order valence-corrected chi connectivity index (χ0v) is 24.3. The Morgan fingerprint density at radius 2 is 1.55 bits per heavy atom. The number of carbonyl (C=O) groups excluding carboxylic acids is 2. The van der Waals surface area contributed by atoms with Crippen molar-refractivity contribution < 1.29 is 28.2 Å². The van der Waals surface area contributed by atoms with Crippen LogP contribution >= 0.6 is 11.6 Å². The van der Waals surface area contributed by atoms with Crippen molar-refractivity contribution in [3.05, 3.63) is 82.6 Å². The number of carbonyl (C=O) groups is 2. The van der Waals surface area contributed by atoms with E-state index in [0.717, 1.165) is 30.6 Å². The molecule has 7 heteroatoms. The number of unbranched alkanes of at least 4 members (excludes halogenated alkanes) is 5. The van der Waals surface area contributed by atoms with Crippen molar-refractivity contribution in [2.45, 2.75) is 65.7 Å². The smallest absolute Gasteiger partial charge is 0.346 e. The van der Waals surface area contributed by atoms with Crippen LogP contribution in [0.15, 0.2) is 60.7 Å². The first-order valence-electron chi connectivity index (χ1n) is 14.0. The largest absolute Gasteiger partial charge is 0.494 e. The molecule has 1 atom stereocenters. The van der Waals surface area contributed by atoms with Gasteiger partial charge in [-0.15, -0.1) is 0 Å². The van der Waals surface area contributed by atoms with Gasteiger partial charge < -0.3 is 14.2 Å². The lowest BCUT2D eigenvalue weighted by Crippen LogP contribution is -2.13. The molecule has 3 aromatic rings. The van der Waals surface area contributed by atoms with Crippen molar-refractivity contribution in [1.29, 1.82) is 0 Å². The van der Waals surface area contributed by atoms with Gasteiger partial charge >= 0.3 is 11.9 Å². The minimum Gasteiger partial charge on any atom is -0.494 e. The maximum atomic E-state index is 14.9. The second-order valence-electron chi connectivity index (χ2n) is 9.98. The van der Waals surface area contributed by atoms with Gasteiger partial charge in [0, 0.05) is 0 Å². The average molecular weight is 569 g/mol. The van der Waals surface area contributed by atoms with Crippen LogP contribution in [0.2, 0.25) is 5.02 Å². The predicted octanol–water partition coefficient (Wildman–Crippen LogP) is 9.31. The van der Waals surface area contributed by atoms with Gasteiger partial charge in [0.1, 0.15) is 17.3 Å². The predicted molar refractivity (Wildman–Crippen MR) is 157 cm³/mol. The van der Waals surface area contributed by atoms with Gasteiger partial charge in [-0.3, -0.25) is 0 Å². The average Bonchev–Trinajstić information content (AvgIpc) is 2.96. The van der Waals surface area contributed by atoms with Crippen molar-refractivity contribution in [3.63, 3.8) is 0 Å². The van der Waals surface area contributed by atoms with E-state index in [1.165, 1.54) is 56.0 Å². The Kier molecular flexibility index (Phi) is 12.5. The summed E-state index contributed by atoms with van der Waals surface area (Å²) >= 11 is 6.23. The highest BCUT2D eigenvalue weighted by atomic mass is 35.5. The highest BCUT2D eigenvalue weighted by molar-refractivity contribution is 6.32. The van der Waals surface area contributed by atoms with Crippen molar-refractivity contribution in [2.24, 2.45) is 5.92 Å². The molecule has 3 rings (SSSR count). The summed E-state index contributed by atoms with van der Waals surface area (Å²) in [4.78, 5) is 24.9. The van der Waals surface area contributed by atoms with E-state index in [0.29, 0.717) is 18.8 Å². The number of hydrogen-bond acceptors (Lipinski definition) is 5. The van der Waals surface area contributed by atoms with Gasteiger partial charge in [0.25, 0.3) is 0 Å². The number of rotatable bonds is 15. The minimum absolute atomic E-state index is 0.0187. The van der Waals surface area contributed by atoms with Gasteiger partial charge in [0.2, 0.25) is 0 Å². The normalized spacial score (nSPS) is 11.6. The van der Waals surface area contributed by atoms with E-state index in [9.17, 15) is 14.0 Å². The van der Waals surface area contributed by atoms with Crippen LogP contribution in [0.4, 0.5) is 4.39 Å². The van der Waals surface area contributed by atoms with Crippen LogP contribution in [-0.4, -0.2) is 25.2 Å². The standard InChI is InChI=1S/C33H38ClFO5/c1-4-6-7-8-9-10-19-38-27-15-11-24(12-16-27)25-13-17-28(30(35)21-25)33(37)40-31-18-14-26(20-29(31)34)32(36)39-22-23(3)5-2/h11-18,20-21,23H,4-10,19,22H2,1-3H3/t23-/m0/s1. The molecule has 0 amide bonds. The summed E-state index contributed by atoms with van der Waals surface area (Å²) in [6.45, 7) is 7.18. The van der Waals surface area contributed by atoms with Crippen molar-refractivity contribution in [3.8, 4) is 22.6 Å². The zero-order chi connectivity index (χ0) is 28.9. The van der Waals surface area contributed by atoms with Crippen molar-refractivity contribution >= 4 is 23.5 Å². The summed E-state index contributed by atoms with van der Waals surface area (Å²) in [6, 6.07) is 16.0. The fourth-order valence-corrected chi connectivity index (χ4v) is 4.18.